The van der Waals surface area contributed by atoms with Crippen molar-refractivity contribution in [3.05, 3.63) is 35.9 Å². The molecule has 1 N–H and O–H groups in total. The Morgan fingerprint density at radius 3 is 2.64 bits per heavy atom. The van der Waals surface area contributed by atoms with Crippen LogP contribution in [0.15, 0.2) is 30.3 Å². The van der Waals surface area contributed by atoms with Gasteiger partial charge in [-0.2, -0.15) is 5.26 Å². The molecule has 0 fully saturated rings. The van der Waals surface area contributed by atoms with Crippen LogP contribution in [0.4, 0.5) is 0 Å². The molecule has 0 saturated heterocycles. The molecular formula is C9H10N2. The van der Waals surface area contributed by atoms with Crippen LogP contribution in [0.25, 0.3) is 0 Å². The van der Waals surface area contributed by atoms with E-state index in [1.807, 2.05) is 36.4 Å². The number of rotatable bonds is 3. The van der Waals surface area contributed by atoms with Crippen molar-refractivity contribution >= 4 is 0 Å². The Bertz CT molecular complexity index is 235. The van der Waals surface area contributed by atoms with Gasteiger partial charge in [-0.3, -0.25) is 0 Å². The average molecular weight is 148 g/mol. The van der Waals surface area contributed by atoms with E-state index in [0.29, 0.717) is 6.54 Å². The number of hydrogen-bond donors (Lipinski definition) is 1. The van der Waals surface area contributed by atoms with E-state index in [2.05, 4.69) is 5.32 Å². The Labute approximate surface area is 66.5 Å². The maximum Gasteiger partial charge on any atom is 0.0843 e. The first-order valence-electron chi connectivity index (χ1n) is 3.55. The summed E-state index contributed by atoms with van der Waals surface area (Å²) < 4.78 is 0. The van der Waals surface area contributed by atoms with Crippen LogP contribution in [0, 0.1) is 11.3 Å². The van der Waals surface area contributed by atoms with E-state index in [0.717, 1.165) is 6.54 Å². The van der Waals surface area contributed by atoms with Crippen LogP contribution < -0.4 is 5.32 Å². The Hall–Kier alpha value is -1.33. The maximum atomic E-state index is 8.23. The number of nitrogens with one attached hydrogen (secondary N) is 1. The van der Waals surface area contributed by atoms with Gasteiger partial charge in [-0.1, -0.05) is 30.3 Å². The molecule has 11 heavy (non-hydrogen) atoms. The average Bonchev–Trinajstić information content (AvgIpc) is 2.07. The van der Waals surface area contributed by atoms with Gasteiger partial charge in [-0.15, -0.1) is 0 Å². The van der Waals surface area contributed by atoms with Gasteiger partial charge in [0.25, 0.3) is 0 Å². The third-order valence-electron chi connectivity index (χ3n) is 1.38. The first-order valence-corrected chi connectivity index (χ1v) is 3.55. The van der Waals surface area contributed by atoms with Gasteiger partial charge in [0.1, 0.15) is 0 Å². The third kappa shape index (κ3) is 2.83. The SMILES string of the molecule is N#[14C]CNCc1ccccc1. The van der Waals surface area contributed by atoms with E-state index in [1.165, 1.54) is 5.56 Å². The lowest BCUT2D eigenvalue weighted by molar-refractivity contribution is 0.765. The summed E-state index contributed by atoms with van der Waals surface area (Å²) in [4.78, 5) is 0. The Kier molecular flexibility index (Phi) is 3.17. The van der Waals surface area contributed by atoms with Gasteiger partial charge in [0.05, 0.1) is 12.6 Å². The van der Waals surface area contributed by atoms with E-state index in [1.54, 1.807) is 0 Å². The lowest BCUT2D eigenvalue weighted by Crippen LogP contribution is -2.12. The van der Waals surface area contributed by atoms with Gasteiger partial charge in [0.15, 0.2) is 0 Å². The fourth-order valence-electron chi connectivity index (χ4n) is 0.859. The molecule has 0 aliphatic heterocycles. The second kappa shape index (κ2) is 4.48. The fourth-order valence-corrected chi connectivity index (χ4v) is 0.859. The fraction of sp³-hybridized carbons (Fsp3) is 0.222. The van der Waals surface area contributed by atoms with Gasteiger partial charge in [-0.05, 0) is 5.56 Å². The molecule has 0 aliphatic carbocycles. The zero-order valence-corrected chi connectivity index (χ0v) is 6.25. The summed E-state index contributed by atoms with van der Waals surface area (Å²) in [7, 11) is 0. The molecule has 1 aromatic rings. The summed E-state index contributed by atoms with van der Waals surface area (Å²) in [5.74, 6) is 0. The van der Waals surface area contributed by atoms with Crippen LogP contribution in [-0.2, 0) is 6.54 Å². The number of benzene rings is 1. The minimum absolute atomic E-state index is 0.412. The normalized spacial score (nSPS) is 9.00. The van der Waals surface area contributed by atoms with Gasteiger partial charge in [-0.25, -0.2) is 0 Å². The van der Waals surface area contributed by atoms with Crippen LogP contribution in [-0.4, -0.2) is 6.54 Å². The Balaban J connectivity index is 2.35. The number of hydrogen-bond acceptors (Lipinski definition) is 2. The zero-order chi connectivity index (χ0) is 7.94. The van der Waals surface area contributed by atoms with Crippen molar-refractivity contribution in [1.82, 2.24) is 5.32 Å². The molecule has 0 amide bonds. The summed E-state index contributed by atoms with van der Waals surface area (Å²) in [6.45, 7) is 1.18. The monoisotopic (exact) mass is 148 g/mol. The molecule has 0 saturated carbocycles. The highest BCUT2D eigenvalue weighted by Crippen LogP contribution is 1.96. The van der Waals surface area contributed by atoms with E-state index in [4.69, 9.17) is 5.26 Å². The molecule has 2 nitrogen and oxygen atoms in total. The van der Waals surface area contributed by atoms with Gasteiger partial charge < -0.3 is 5.32 Å². The van der Waals surface area contributed by atoms with Crippen LogP contribution in [0.1, 0.15) is 5.56 Å². The first kappa shape index (κ1) is 7.77. The first-order chi connectivity index (χ1) is 5.43. The van der Waals surface area contributed by atoms with Crippen molar-refractivity contribution in [3.8, 4) is 6.07 Å². The van der Waals surface area contributed by atoms with Crippen molar-refractivity contribution in [2.45, 2.75) is 6.54 Å². The second-order valence-corrected chi connectivity index (χ2v) is 2.25. The highest BCUT2D eigenvalue weighted by molar-refractivity contribution is 5.14. The Morgan fingerprint density at radius 2 is 2.00 bits per heavy atom. The van der Waals surface area contributed by atoms with E-state index in [9.17, 15) is 0 Å². The molecule has 0 unspecified atom stereocenters. The molecule has 0 radical (unpaired) electrons. The van der Waals surface area contributed by atoms with Crippen LogP contribution >= 0.6 is 0 Å². The lowest BCUT2D eigenvalue weighted by atomic mass is 10.2. The van der Waals surface area contributed by atoms with Gasteiger partial charge in [0, 0.05) is 6.54 Å². The molecule has 1 rings (SSSR count). The molecule has 2 heteroatoms. The summed E-state index contributed by atoms with van der Waals surface area (Å²) in [6.07, 6.45) is 0. The molecule has 0 atom stereocenters. The minimum Gasteiger partial charge on any atom is -0.300 e. The van der Waals surface area contributed by atoms with Gasteiger partial charge >= 0.3 is 0 Å². The quantitative estimate of drug-likeness (QED) is 0.518. The van der Waals surface area contributed by atoms with E-state index >= 15 is 0 Å². The smallest absolute Gasteiger partial charge is 0.0843 e. The molecule has 0 spiro atoms. The largest absolute Gasteiger partial charge is 0.300 e. The van der Waals surface area contributed by atoms with E-state index < -0.39 is 0 Å². The number of nitriles is 1. The van der Waals surface area contributed by atoms with Gasteiger partial charge in [0.2, 0.25) is 0 Å². The van der Waals surface area contributed by atoms with Crippen molar-refractivity contribution < 1.29 is 0 Å². The van der Waals surface area contributed by atoms with Crippen molar-refractivity contribution in [2.75, 3.05) is 6.54 Å². The Morgan fingerprint density at radius 1 is 1.27 bits per heavy atom. The molecule has 0 bridgehead atoms. The minimum atomic E-state index is 0.412. The predicted octanol–water partition coefficient (Wildman–Crippen LogP) is 1.30. The topological polar surface area (TPSA) is 35.8 Å². The second-order valence-electron chi connectivity index (χ2n) is 2.25. The molecule has 0 heterocycles. The molecular weight excluding hydrogens is 138 g/mol. The molecule has 0 aliphatic rings. The molecule has 0 aromatic heterocycles. The summed E-state index contributed by atoms with van der Waals surface area (Å²) >= 11 is 0. The predicted molar refractivity (Wildman–Crippen MR) is 43.8 cm³/mol. The summed E-state index contributed by atoms with van der Waals surface area (Å²) in [5.41, 5.74) is 1.21. The van der Waals surface area contributed by atoms with Crippen molar-refractivity contribution in [3.63, 3.8) is 0 Å². The maximum absolute atomic E-state index is 8.23. The summed E-state index contributed by atoms with van der Waals surface area (Å²) in [6, 6.07) is 12.0. The van der Waals surface area contributed by atoms with Crippen molar-refractivity contribution in [1.29, 1.82) is 5.26 Å². The molecule has 1 aromatic carbocycles. The third-order valence-corrected chi connectivity index (χ3v) is 1.38. The van der Waals surface area contributed by atoms with E-state index in [-0.39, 0.29) is 0 Å². The number of nitrogens with zero attached hydrogens (tertiary/aromatic N) is 1. The standard InChI is InChI=1S/C9H10N2/c10-6-7-11-8-9-4-2-1-3-5-9/h1-5,11H,7-8H2/i6+2. The van der Waals surface area contributed by atoms with Crippen LogP contribution in [0.2, 0.25) is 0 Å². The lowest BCUT2D eigenvalue weighted by Gasteiger charge is -1.98. The summed E-state index contributed by atoms with van der Waals surface area (Å²) in [5, 5.41) is 11.2. The molecule has 56 valence electrons. The van der Waals surface area contributed by atoms with Crippen LogP contribution in [0.3, 0.4) is 0 Å². The van der Waals surface area contributed by atoms with Crippen LogP contribution in [0.5, 0.6) is 0 Å². The van der Waals surface area contributed by atoms with Crippen molar-refractivity contribution in [2.24, 2.45) is 0 Å². The highest BCUT2D eigenvalue weighted by Gasteiger charge is 1.87. The zero-order valence-electron chi connectivity index (χ0n) is 6.25. The highest BCUT2D eigenvalue weighted by atomic mass is 15.0.